The molecule has 10 heteroatoms. The number of benzene rings is 1. The number of nitriles is 1. The molecule has 2 heterocycles. The van der Waals surface area contributed by atoms with Gasteiger partial charge in [-0.25, -0.2) is 9.78 Å². The van der Waals surface area contributed by atoms with Crippen LogP contribution in [-0.2, 0) is 11.5 Å². The molecule has 0 saturated carbocycles. The largest absolute Gasteiger partial charge is 0.465 e. The number of amides is 2. The van der Waals surface area contributed by atoms with E-state index >= 15 is 0 Å². The van der Waals surface area contributed by atoms with Gasteiger partial charge in [0.25, 0.3) is 5.91 Å². The first-order valence-corrected chi connectivity index (χ1v) is 18.4. The Bertz CT molecular complexity index is 1330. The van der Waals surface area contributed by atoms with Gasteiger partial charge in [-0.3, -0.25) is 4.79 Å². The number of nitrogens with one attached hydrogen (secondary N) is 1. The molecule has 2 atom stereocenters. The number of carbonyl (C=O) groups is 2. The van der Waals surface area contributed by atoms with Crippen LogP contribution in [0.3, 0.4) is 0 Å². The Labute approximate surface area is 244 Å². The van der Waals surface area contributed by atoms with Crippen molar-refractivity contribution in [3.8, 4) is 6.07 Å². The lowest BCUT2D eigenvalue weighted by atomic mass is 9.81. The number of carboxylic acid groups (broad SMARTS) is 1. The van der Waals surface area contributed by atoms with Crippen LogP contribution >= 0.6 is 0 Å². The molecule has 2 amide bonds. The highest BCUT2D eigenvalue weighted by Crippen LogP contribution is 2.39. The summed E-state index contributed by atoms with van der Waals surface area (Å²) in [6.45, 7) is 11.6. The van der Waals surface area contributed by atoms with Crippen molar-refractivity contribution in [3.05, 3.63) is 53.1 Å². The minimum absolute atomic E-state index is 0.0703. The molecule has 1 aromatic carbocycles. The van der Waals surface area contributed by atoms with Gasteiger partial charge < -0.3 is 24.6 Å². The van der Waals surface area contributed by atoms with Gasteiger partial charge >= 0.3 is 6.09 Å². The lowest BCUT2D eigenvalue weighted by Gasteiger charge is -2.41. The zero-order chi connectivity index (χ0) is 29.7. The van der Waals surface area contributed by atoms with Crippen molar-refractivity contribution >= 4 is 31.3 Å². The van der Waals surface area contributed by atoms with Crippen LogP contribution in [0.4, 0.5) is 10.5 Å². The highest BCUT2D eigenvalue weighted by atomic mass is 28.3. The van der Waals surface area contributed by atoms with Gasteiger partial charge in [0.05, 0.1) is 0 Å². The van der Waals surface area contributed by atoms with E-state index < -0.39 is 14.2 Å². The van der Waals surface area contributed by atoms with E-state index in [4.69, 9.17) is 4.74 Å². The second-order valence-electron chi connectivity index (χ2n) is 12.7. The zero-order valence-corrected chi connectivity index (χ0v) is 25.9. The molecular formula is C31H43N5O4Si. The lowest BCUT2D eigenvalue weighted by Crippen LogP contribution is -2.48. The summed E-state index contributed by atoms with van der Waals surface area (Å²) in [6.07, 6.45) is 8.66. The SMILES string of the molecule is C[C@@H]1CC(c2ccc(NC(=O)c3nc(C#N)cn3COCC[Si](C)(C)C)c(C3=CCCCC3)c2)C[C@@H](C)N1C(=O)O. The van der Waals surface area contributed by atoms with Gasteiger partial charge in [0.1, 0.15) is 12.8 Å². The van der Waals surface area contributed by atoms with Crippen LogP contribution in [0.5, 0.6) is 0 Å². The average molecular weight is 578 g/mol. The number of aromatic nitrogens is 2. The maximum Gasteiger partial charge on any atom is 0.407 e. The maximum absolute atomic E-state index is 13.5. The van der Waals surface area contributed by atoms with E-state index in [9.17, 15) is 20.0 Å². The molecule has 0 unspecified atom stereocenters. The third-order valence-electron chi connectivity index (χ3n) is 8.14. The quantitative estimate of drug-likeness (QED) is 0.247. The molecule has 1 aliphatic heterocycles. The predicted molar refractivity (Wildman–Crippen MR) is 163 cm³/mol. The average Bonchev–Trinajstić information content (AvgIpc) is 3.34. The Morgan fingerprint density at radius 3 is 2.54 bits per heavy atom. The monoisotopic (exact) mass is 577 g/mol. The fourth-order valence-corrected chi connectivity index (χ4v) is 6.73. The van der Waals surface area contributed by atoms with Crippen molar-refractivity contribution in [1.82, 2.24) is 14.5 Å². The molecular weight excluding hydrogens is 534 g/mol. The number of hydrogen-bond donors (Lipinski definition) is 2. The highest BCUT2D eigenvalue weighted by molar-refractivity contribution is 6.76. The van der Waals surface area contributed by atoms with E-state index in [2.05, 4.69) is 48.2 Å². The molecule has 2 aromatic rings. The van der Waals surface area contributed by atoms with Crippen LogP contribution in [-0.4, -0.2) is 58.3 Å². The molecule has 0 radical (unpaired) electrons. The molecule has 1 fully saturated rings. The van der Waals surface area contributed by atoms with E-state index in [-0.39, 0.29) is 42.2 Å². The van der Waals surface area contributed by atoms with E-state index in [1.54, 1.807) is 15.7 Å². The fraction of sp³-hybridized carbons (Fsp3) is 0.548. The van der Waals surface area contributed by atoms with Gasteiger partial charge in [-0.1, -0.05) is 31.8 Å². The van der Waals surface area contributed by atoms with Crippen molar-refractivity contribution in [2.45, 2.75) is 103 Å². The summed E-state index contributed by atoms with van der Waals surface area (Å²) in [5.41, 5.74) is 4.26. The lowest BCUT2D eigenvalue weighted by molar-refractivity contribution is 0.0767. The minimum Gasteiger partial charge on any atom is -0.465 e. The van der Waals surface area contributed by atoms with Crippen molar-refractivity contribution in [1.29, 1.82) is 5.26 Å². The van der Waals surface area contributed by atoms with Crippen LogP contribution in [0.1, 0.15) is 85.7 Å². The molecule has 1 aromatic heterocycles. The summed E-state index contributed by atoms with van der Waals surface area (Å²) >= 11 is 0. The number of carbonyl (C=O) groups excluding carboxylic acids is 1. The number of ether oxygens (including phenoxy) is 1. The smallest absolute Gasteiger partial charge is 0.407 e. The standard InChI is InChI=1S/C31H43N5O4Si/c1-21-15-25(16-22(2)36(21)31(38)39)24-11-12-28(27(17-24)23-9-7-6-8-10-23)34-30(37)29-33-26(18-32)19-35(29)20-40-13-14-41(3,4)5/h9,11-12,17,19,21-22,25H,6-8,10,13-16,20H2,1-5H3,(H,34,37)(H,38,39)/t21-,22-/m1/s1. The molecule has 0 spiro atoms. The summed E-state index contributed by atoms with van der Waals surface area (Å²) in [6, 6.07) is 9.09. The van der Waals surface area contributed by atoms with Gasteiger partial charge in [0.15, 0.2) is 5.69 Å². The fourth-order valence-electron chi connectivity index (χ4n) is 5.97. The molecule has 0 bridgehead atoms. The third kappa shape index (κ3) is 7.66. The summed E-state index contributed by atoms with van der Waals surface area (Å²) in [5, 5.41) is 22.2. The Morgan fingerprint density at radius 1 is 1.20 bits per heavy atom. The number of hydrogen-bond acceptors (Lipinski definition) is 5. The molecule has 2 aliphatic rings. The van der Waals surface area contributed by atoms with Gasteiger partial charge in [0.2, 0.25) is 5.82 Å². The summed E-state index contributed by atoms with van der Waals surface area (Å²) < 4.78 is 7.46. The Hall–Kier alpha value is -3.42. The number of piperidine rings is 1. The molecule has 4 rings (SSSR count). The first-order chi connectivity index (χ1) is 19.5. The van der Waals surface area contributed by atoms with Crippen LogP contribution in [0.15, 0.2) is 30.5 Å². The Balaban J connectivity index is 1.58. The molecule has 9 nitrogen and oxygen atoms in total. The van der Waals surface area contributed by atoms with E-state index in [0.717, 1.165) is 55.7 Å². The number of likely N-dealkylation sites (tertiary alicyclic amines) is 1. The summed E-state index contributed by atoms with van der Waals surface area (Å²) in [7, 11) is -1.26. The maximum atomic E-state index is 13.5. The minimum atomic E-state index is -1.26. The van der Waals surface area contributed by atoms with E-state index in [1.807, 2.05) is 26.0 Å². The van der Waals surface area contributed by atoms with Gasteiger partial charge in [-0.15, -0.1) is 0 Å². The molecule has 2 N–H and O–H groups in total. The second-order valence-corrected chi connectivity index (χ2v) is 18.3. The molecule has 41 heavy (non-hydrogen) atoms. The molecule has 220 valence electrons. The van der Waals surface area contributed by atoms with Crippen LogP contribution < -0.4 is 5.32 Å². The summed E-state index contributed by atoms with van der Waals surface area (Å²) in [5.74, 6) is -0.0118. The number of anilines is 1. The van der Waals surface area contributed by atoms with Crippen LogP contribution in [0.2, 0.25) is 25.7 Å². The number of rotatable bonds is 9. The predicted octanol–water partition coefficient (Wildman–Crippen LogP) is 6.91. The Kier molecular flexibility index (Phi) is 9.71. The second kappa shape index (κ2) is 13.0. The highest BCUT2D eigenvalue weighted by Gasteiger charge is 2.35. The molecule has 1 aliphatic carbocycles. The van der Waals surface area contributed by atoms with Crippen LogP contribution in [0.25, 0.3) is 5.57 Å². The zero-order valence-electron chi connectivity index (χ0n) is 24.9. The first kappa shape index (κ1) is 30.5. The topological polar surface area (TPSA) is 120 Å². The molecule has 1 saturated heterocycles. The van der Waals surface area contributed by atoms with Gasteiger partial charge in [-0.2, -0.15) is 5.26 Å². The van der Waals surface area contributed by atoms with Gasteiger partial charge in [0, 0.05) is 44.2 Å². The normalized spacial score (nSPS) is 21.2. The third-order valence-corrected chi connectivity index (χ3v) is 9.85. The van der Waals surface area contributed by atoms with E-state index in [1.165, 1.54) is 5.57 Å². The van der Waals surface area contributed by atoms with Crippen molar-refractivity contribution in [2.24, 2.45) is 0 Å². The summed E-state index contributed by atoms with van der Waals surface area (Å²) in [4.78, 5) is 31.1. The van der Waals surface area contributed by atoms with E-state index in [0.29, 0.717) is 12.3 Å². The first-order valence-electron chi connectivity index (χ1n) is 14.7. The number of nitrogens with zero attached hydrogens (tertiary/aromatic N) is 4. The number of imidazole rings is 1. The Morgan fingerprint density at radius 2 is 1.93 bits per heavy atom. The number of allylic oxidation sites excluding steroid dienone is 2. The van der Waals surface area contributed by atoms with Crippen molar-refractivity contribution in [2.75, 3.05) is 11.9 Å². The van der Waals surface area contributed by atoms with Crippen molar-refractivity contribution in [3.63, 3.8) is 0 Å². The van der Waals surface area contributed by atoms with Gasteiger partial charge in [-0.05, 0) is 87.6 Å². The van der Waals surface area contributed by atoms with Crippen LogP contribution in [0, 0.1) is 11.3 Å². The van der Waals surface area contributed by atoms with Crippen molar-refractivity contribution < 1.29 is 19.4 Å².